The van der Waals surface area contributed by atoms with Gasteiger partial charge >= 0.3 is 0 Å². The van der Waals surface area contributed by atoms with Crippen LogP contribution in [0.2, 0.25) is 0 Å². The molecular formula is C13H16N4O2. The molecule has 0 atom stereocenters. The average Bonchev–Trinajstić information content (AvgIpc) is 2.86. The van der Waals surface area contributed by atoms with Crippen molar-refractivity contribution >= 4 is 17.2 Å². The van der Waals surface area contributed by atoms with E-state index >= 15 is 0 Å². The largest absolute Gasteiger partial charge is 0.381 e. The van der Waals surface area contributed by atoms with E-state index in [1.165, 1.54) is 0 Å². The number of nitrogens with two attached hydrogens (primary N) is 1. The summed E-state index contributed by atoms with van der Waals surface area (Å²) in [6.07, 6.45) is 3.66. The van der Waals surface area contributed by atoms with Crippen LogP contribution in [0.4, 0.5) is 5.82 Å². The van der Waals surface area contributed by atoms with E-state index in [9.17, 15) is 4.79 Å². The lowest BCUT2D eigenvalue weighted by Crippen LogP contribution is -2.30. The fraction of sp³-hybridized carbons (Fsp3) is 0.385. The van der Waals surface area contributed by atoms with Crippen LogP contribution in [0, 0.1) is 0 Å². The molecule has 1 amide bonds. The van der Waals surface area contributed by atoms with Gasteiger partial charge in [0.2, 0.25) is 0 Å². The van der Waals surface area contributed by atoms with Gasteiger partial charge in [-0.2, -0.15) is 0 Å². The molecule has 0 aromatic carbocycles. The van der Waals surface area contributed by atoms with Crippen molar-refractivity contribution in [3.63, 3.8) is 0 Å². The molecule has 1 aliphatic rings. The maximum Gasteiger partial charge on any atom is 0.252 e. The van der Waals surface area contributed by atoms with Crippen molar-refractivity contribution in [1.82, 2.24) is 9.61 Å². The number of rotatable bonds is 3. The van der Waals surface area contributed by atoms with Crippen molar-refractivity contribution in [2.45, 2.75) is 18.9 Å². The first-order valence-electron chi connectivity index (χ1n) is 6.36. The molecule has 1 fully saturated rings. The van der Waals surface area contributed by atoms with Gasteiger partial charge in [-0.05, 0) is 31.0 Å². The minimum absolute atomic E-state index is 0.271. The number of hydrogen-bond donors (Lipinski definition) is 2. The number of amides is 1. The first kappa shape index (κ1) is 12.0. The van der Waals surface area contributed by atoms with Crippen LogP contribution in [0.1, 0.15) is 23.2 Å². The Hall–Kier alpha value is -2.08. The monoisotopic (exact) mass is 260 g/mol. The fourth-order valence-electron chi connectivity index (χ4n) is 2.30. The Morgan fingerprint density at radius 3 is 3.00 bits per heavy atom. The van der Waals surface area contributed by atoms with E-state index in [-0.39, 0.29) is 6.04 Å². The smallest absolute Gasteiger partial charge is 0.252 e. The highest BCUT2D eigenvalue weighted by atomic mass is 16.5. The normalized spacial score (nSPS) is 16.6. The zero-order valence-corrected chi connectivity index (χ0v) is 10.5. The van der Waals surface area contributed by atoms with Gasteiger partial charge in [0.05, 0.1) is 11.1 Å². The molecule has 2 aromatic rings. The van der Waals surface area contributed by atoms with Gasteiger partial charge in [0.15, 0.2) is 5.82 Å². The third-order valence-corrected chi connectivity index (χ3v) is 3.34. The third-order valence-electron chi connectivity index (χ3n) is 3.34. The molecular weight excluding hydrogens is 244 g/mol. The van der Waals surface area contributed by atoms with Crippen molar-refractivity contribution in [3.05, 3.63) is 30.0 Å². The Kier molecular flexibility index (Phi) is 3.08. The molecule has 3 rings (SSSR count). The number of primary amides is 1. The zero-order chi connectivity index (χ0) is 13.2. The third kappa shape index (κ3) is 2.39. The highest BCUT2D eigenvalue weighted by Gasteiger charge is 2.18. The second kappa shape index (κ2) is 4.89. The number of nitrogens with zero attached hydrogens (tertiary/aromatic N) is 2. The highest BCUT2D eigenvalue weighted by molar-refractivity contribution is 5.98. The van der Waals surface area contributed by atoms with Crippen LogP contribution in [0.3, 0.4) is 0 Å². The van der Waals surface area contributed by atoms with E-state index in [1.54, 1.807) is 10.6 Å². The van der Waals surface area contributed by atoms with E-state index in [2.05, 4.69) is 10.4 Å². The number of hydrogen-bond acceptors (Lipinski definition) is 4. The van der Waals surface area contributed by atoms with Gasteiger partial charge in [-0.3, -0.25) is 4.79 Å². The number of carbonyl (C=O) groups is 1. The standard InChI is InChI=1S/C13H16N4O2/c14-12(18)11-8-10-2-1-5-17(10)16-13(11)15-9-3-6-19-7-4-9/h1-2,5,8-9H,3-4,6-7H2,(H2,14,18)(H,15,16). The van der Waals surface area contributed by atoms with Crippen LogP contribution in [0.25, 0.3) is 5.52 Å². The quantitative estimate of drug-likeness (QED) is 0.863. The summed E-state index contributed by atoms with van der Waals surface area (Å²) in [7, 11) is 0. The Bertz CT molecular complexity index is 602. The van der Waals surface area contributed by atoms with Gasteiger partial charge in [0.25, 0.3) is 5.91 Å². The molecule has 3 heterocycles. The summed E-state index contributed by atoms with van der Waals surface area (Å²) in [6, 6.07) is 5.80. The maximum atomic E-state index is 11.5. The van der Waals surface area contributed by atoms with Gasteiger partial charge in [0.1, 0.15) is 0 Å². The zero-order valence-electron chi connectivity index (χ0n) is 10.5. The lowest BCUT2D eigenvalue weighted by molar-refractivity contribution is 0.0903. The number of carbonyl (C=O) groups excluding carboxylic acids is 1. The van der Waals surface area contributed by atoms with Gasteiger partial charge < -0.3 is 15.8 Å². The molecule has 0 saturated carbocycles. The summed E-state index contributed by atoms with van der Waals surface area (Å²) >= 11 is 0. The SMILES string of the molecule is NC(=O)c1cc2cccn2nc1NC1CCOCC1. The van der Waals surface area contributed by atoms with Gasteiger partial charge in [-0.1, -0.05) is 0 Å². The van der Waals surface area contributed by atoms with E-state index in [4.69, 9.17) is 10.5 Å². The number of ether oxygens (including phenoxy) is 1. The van der Waals surface area contributed by atoms with Gasteiger partial charge in [-0.25, -0.2) is 4.52 Å². The summed E-state index contributed by atoms with van der Waals surface area (Å²) in [4.78, 5) is 11.5. The molecule has 2 aromatic heterocycles. The second-order valence-electron chi connectivity index (χ2n) is 4.68. The van der Waals surface area contributed by atoms with Crippen LogP contribution in [0.5, 0.6) is 0 Å². The van der Waals surface area contributed by atoms with E-state index in [0.717, 1.165) is 31.6 Å². The molecule has 0 spiro atoms. The molecule has 0 aliphatic carbocycles. The van der Waals surface area contributed by atoms with Crippen molar-refractivity contribution < 1.29 is 9.53 Å². The lowest BCUT2D eigenvalue weighted by Gasteiger charge is -2.24. The first-order chi connectivity index (χ1) is 9.24. The highest BCUT2D eigenvalue weighted by Crippen LogP contribution is 2.19. The van der Waals surface area contributed by atoms with Crippen LogP contribution >= 0.6 is 0 Å². The number of anilines is 1. The average molecular weight is 260 g/mol. The topological polar surface area (TPSA) is 81.7 Å². The fourth-order valence-corrected chi connectivity index (χ4v) is 2.30. The van der Waals surface area contributed by atoms with Crippen molar-refractivity contribution in [1.29, 1.82) is 0 Å². The van der Waals surface area contributed by atoms with Crippen LogP contribution < -0.4 is 11.1 Å². The van der Waals surface area contributed by atoms with Crippen LogP contribution in [0.15, 0.2) is 24.4 Å². The summed E-state index contributed by atoms with van der Waals surface area (Å²) in [5.74, 6) is 0.0776. The van der Waals surface area contributed by atoms with Crippen molar-refractivity contribution in [3.8, 4) is 0 Å². The molecule has 6 nitrogen and oxygen atoms in total. The van der Waals surface area contributed by atoms with Gasteiger partial charge in [0, 0.05) is 25.5 Å². The van der Waals surface area contributed by atoms with Crippen LogP contribution in [-0.2, 0) is 4.74 Å². The Balaban J connectivity index is 1.94. The minimum atomic E-state index is -0.467. The molecule has 100 valence electrons. The number of nitrogens with one attached hydrogen (secondary N) is 1. The van der Waals surface area contributed by atoms with Gasteiger partial charge in [-0.15, -0.1) is 5.10 Å². The number of fused-ring (bicyclic) bond motifs is 1. The Morgan fingerprint density at radius 2 is 2.26 bits per heavy atom. The Morgan fingerprint density at radius 1 is 1.47 bits per heavy atom. The molecule has 1 aliphatic heterocycles. The molecule has 19 heavy (non-hydrogen) atoms. The summed E-state index contributed by atoms with van der Waals surface area (Å²) < 4.78 is 7.05. The predicted molar refractivity (Wildman–Crippen MR) is 71.2 cm³/mol. The molecule has 3 N–H and O–H groups in total. The molecule has 0 unspecified atom stereocenters. The minimum Gasteiger partial charge on any atom is -0.381 e. The predicted octanol–water partition coefficient (Wildman–Crippen LogP) is 1.02. The maximum absolute atomic E-state index is 11.5. The Labute approximate surface area is 110 Å². The van der Waals surface area contributed by atoms with Crippen LogP contribution in [-0.4, -0.2) is 34.8 Å². The molecule has 0 bridgehead atoms. The van der Waals surface area contributed by atoms with E-state index < -0.39 is 5.91 Å². The lowest BCUT2D eigenvalue weighted by atomic mass is 10.1. The van der Waals surface area contributed by atoms with Crippen molar-refractivity contribution in [2.75, 3.05) is 18.5 Å². The summed E-state index contributed by atoms with van der Waals surface area (Å²) in [5.41, 5.74) is 6.71. The van der Waals surface area contributed by atoms with E-state index in [0.29, 0.717) is 11.4 Å². The van der Waals surface area contributed by atoms with E-state index in [1.807, 2.05) is 18.3 Å². The van der Waals surface area contributed by atoms with Crippen molar-refractivity contribution in [2.24, 2.45) is 5.73 Å². The number of aromatic nitrogens is 2. The molecule has 0 radical (unpaired) electrons. The summed E-state index contributed by atoms with van der Waals surface area (Å²) in [6.45, 7) is 1.46. The molecule has 1 saturated heterocycles. The first-order valence-corrected chi connectivity index (χ1v) is 6.36. The summed E-state index contributed by atoms with van der Waals surface area (Å²) in [5, 5.41) is 7.71. The molecule has 6 heteroatoms. The second-order valence-corrected chi connectivity index (χ2v) is 4.68.